The summed E-state index contributed by atoms with van der Waals surface area (Å²) in [6, 6.07) is 1.61. The van der Waals surface area contributed by atoms with Gasteiger partial charge in [-0.3, -0.25) is 0 Å². The van der Waals surface area contributed by atoms with Crippen LogP contribution in [-0.4, -0.2) is 22.8 Å². The average Bonchev–Trinajstić information content (AvgIpc) is 2.25. The number of aromatic hydroxyl groups is 1. The maximum absolute atomic E-state index is 10.9. The van der Waals surface area contributed by atoms with Crippen molar-refractivity contribution in [3.8, 4) is 11.5 Å². The third-order valence-electron chi connectivity index (χ3n) is 2.37. The minimum absolute atomic E-state index is 0.0975. The van der Waals surface area contributed by atoms with E-state index < -0.39 is 5.97 Å². The van der Waals surface area contributed by atoms with Gasteiger partial charge >= 0.3 is 5.97 Å². The Labute approximate surface area is 108 Å². The van der Waals surface area contributed by atoms with Crippen LogP contribution in [0.25, 0.3) is 0 Å². The van der Waals surface area contributed by atoms with Gasteiger partial charge < -0.3 is 14.9 Å². The summed E-state index contributed by atoms with van der Waals surface area (Å²) in [5.41, 5.74) is 0.379. The van der Waals surface area contributed by atoms with Crippen LogP contribution in [0, 0.1) is 6.92 Å². The Morgan fingerprint density at radius 3 is 2.71 bits per heavy atom. The van der Waals surface area contributed by atoms with E-state index in [1.807, 2.05) is 0 Å². The van der Waals surface area contributed by atoms with E-state index in [0.29, 0.717) is 17.9 Å². The summed E-state index contributed by atoms with van der Waals surface area (Å²) < 4.78 is 5.76. The maximum Gasteiger partial charge on any atom is 0.339 e. The van der Waals surface area contributed by atoms with Crippen LogP contribution < -0.4 is 4.74 Å². The molecule has 4 nitrogen and oxygen atoms in total. The smallest absolute Gasteiger partial charge is 0.339 e. The number of aryl methyl sites for hydroxylation is 1. The van der Waals surface area contributed by atoms with Crippen LogP contribution in [0.2, 0.25) is 0 Å². The number of carboxylic acids is 1. The van der Waals surface area contributed by atoms with E-state index in [2.05, 4.69) is 22.9 Å². The van der Waals surface area contributed by atoms with Crippen LogP contribution in [0.1, 0.15) is 35.7 Å². The molecule has 0 fully saturated rings. The van der Waals surface area contributed by atoms with Gasteiger partial charge in [-0.2, -0.15) is 0 Å². The van der Waals surface area contributed by atoms with Gasteiger partial charge in [0.2, 0.25) is 0 Å². The molecule has 0 aliphatic rings. The van der Waals surface area contributed by atoms with Crippen LogP contribution in [0.3, 0.4) is 0 Å². The number of benzene rings is 1. The van der Waals surface area contributed by atoms with Gasteiger partial charge in [-0.15, -0.1) is 0 Å². The summed E-state index contributed by atoms with van der Waals surface area (Å²) >= 11 is 3.15. The largest absolute Gasteiger partial charge is 0.506 e. The summed E-state index contributed by atoms with van der Waals surface area (Å²) in [6.07, 6.45) is 1.92. The van der Waals surface area contributed by atoms with Crippen molar-refractivity contribution in [3.05, 3.63) is 21.7 Å². The van der Waals surface area contributed by atoms with Crippen molar-refractivity contribution in [2.24, 2.45) is 0 Å². The van der Waals surface area contributed by atoms with Gasteiger partial charge in [0.05, 0.1) is 6.61 Å². The van der Waals surface area contributed by atoms with Gasteiger partial charge in [0.25, 0.3) is 0 Å². The first-order valence-electron chi connectivity index (χ1n) is 5.37. The molecule has 2 N–H and O–H groups in total. The van der Waals surface area contributed by atoms with Crippen LogP contribution in [0.15, 0.2) is 10.5 Å². The molecule has 0 heterocycles. The molecular weight excluding hydrogens is 288 g/mol. The summed E-state index contributed by atoms with van der Waals surface area (Å²) in [6.45, 7) is 4.22. The van der Waals surface area contributed by atoms with Crippen molar-refractivity contribution in [3.63, 3.8) is 0 Å². The normalized spacial score (nSPS) is 10.3. The van der Waals surface area contributed by atoms with Gasteiger partial charge in [0, 0.05) is 0 Å². The maximum atomic E-state index is 10.9. The van der Waals surface area contributed by atoms with Crippen molar-refractivity contribution >= 4 is 21.9 Å². The number of aromatic carboxylic acids is 1. The molecule has 0 aromatic heterocycles. The zero-order valence-corrected chi connectivity index (χ0v) is 11.4. The molecule has 0 spiro atoms. The Hall–Kier alpha value is -1.23. The molecule has 94 valence electrons. The molecule has 0 saturated carbocycles. The third kappa shape index (κ3) is 3.12. The highest BCUT2D eigenvalue weighted by molar-refractivity contribution is 9.10. The number of hydrogen-bond donors (Lipinski definition) is 2. The Morgan fingerprint density at radius 2 is 2.18 bits per heavy atom. The van der Waals surface area contributed by atoms with E-state index in [-0.39, 0.29) is 15.8 Å². The fraction of sp³-hybridized carbons (Fsp3) is 0.417. The zero-order chi connectivity index (χ0) is 13.0. The van der Waals surface area contributed by atoms with E-state index in [0.717, 1.165) is 12.8 Å². The van der Waals surface area contributed by atoms with Gasteiger partial charge in [0.15, 0.2) is 0 Å². The topological polar surface area (TPSA) is 66.8 Å². The lowest BCUT2D eigenvalue weighted by Crippen LogP contribution is -2.03. The molecule has 0 aliphatic carbocycles. The molecule has 0 radical (unpaired) electrons. The molecule has 0 bridgehead atoms. The lowest BCUT2D eigenvalue weighted by Gasteiger charge is -2.12. The quantitative estimate of drug-likeness (QED) is 0.819. The summed E-state index contributed by atoms with van der Waals surface area (Å²) in [4.78, 5) is 10.9. The van der Waals surface area contributed by atoms with Crippen LogP contribution in [0.4, 0.5) is 0 Å². The predicted molar refractivity (Wildman–Crippen MR) is 67.9 cm³/mol. The molecule has 17 heavy (non-hydrogen) atoms. The first-order valence-corrected chi connectivity index (χ1v) is 6.16. The van der Waals surface area contributed by atoms with Crippen LogP contribution >= 0.6 is 15.9 Å². The zero-order valence-electron chi connectivity index (χ0n) is 9.79. The van der Waals surface area contributed by atoms with Crippen molar-refractivity contribution in [1.82, 2.24) is 0 Å². The number of carbonyl (C=O) groups is 1. The van der Waals surface area contributed by atoms with Crippen LogP contribution in [0.5, 0.6) is 11.5 Å². The molecule has 5 heteroatoms. The van der Waals surface area contributed by atoms with Gasteiger partial charge in [0.1, 0.15) is 21.5 Å². The second-order valence-electron chi connectivity index (χ2n) is 3.74. The van der Waals surface area contributed by atoms with E-state index in [1.54, 1.807) is 13.0 Å². The number of ether oxygens (including phenoxy) is 1. The monoisotopic (exact) mass is 302 g/mol. The highest BCUT2D eigenvalue weighted by Crippen LogP contribution is 2.38. The number of halogens is 1. The molecule has 1 aromatic rings. The van der Waals surface area contributed by atoms with Gasteiger partial charge in [-0.1, -0.05) is 13.3 Å². The molecule has 1 rings (SSSR count). The highest BCUT2D eigenvalue weighted by atomic mass is 79.9. The number of phenols is 1. The number of unbranched alkanes of at least 4 members (excludes halogenated alkanes) is 1. The fourth-order valence-electron chi connectivity index (χ4n) is 1.45. The van der Waals surface area contributed by atoms with Gasteiger partial charge in [-0.05, 0) is 40.9 Å². The Kier molecular flexibility index (Phi) is 4.81. The lowest BCUT2D eigenvalue weighted by molar-refractivity contribution is 0.0692. The van der Waals surface area contributed by atoms with E-state index in [4.69, 9.17) is 9.84 Å². The summed E-state index contributed by atoms with van der Waals surface area (Å²) in [5, 5.41) is 18.7. The Bertz CT molecular complexity index is 429. The molecule has 0 saturated heterocycles. The first kappa shape index (κ1) is 13.8. The third-order valence-corrected chi connectivity index (χ3v) is 3.14. The Morgan fingerprint density at radius 1 is 1.53 bits per heavy atom. The van der Waals surface area contributed by atoms with Crippen molar-refractivity contribution < 1.29 is 19.7 Å². The summed E-state index contributed by atoms with van der Waals surface area (Å²) in [7, 11) is 0. The minimum atomic E-state index is -1.15. The van der Waals surface area contributed by atoms with E-state index in [9.17, 15) is 9.90 Å². The Balaban J connectivity index is 3.07. The average molecular weight is 303 g/mol. The lowest BCUT2D eigenvalue weighted by atomic mass is 10.1. The van der Waals surface area contributed by atoms with E-state index >= 15 is 0 Å². The van der Waals surface area contributed by atoms with Crippen LogP contribution in [-0.2, 0) is 0 Å². The molecule has 0 unspecified atom stereocenters. The molecular formula is C12H15BrO4. The fourth-order valence-corrected chi connectivity index (χ4v) is 1.87. The minimum Gasteiger partial charge on any atom is -0.506 e. The second kappa shape index (κ2) is 5.91. The number of hydrogen-bond acceptors (Lipinski definition) is 3. The van der Waals surface area contributed by atoms with E-state index in [1.165, 1.54) is 0 Å². The molecule has 0 aliphatic heterocycles. The molecule has 1 aromatic carbocycles. The highest BCUT2D eigenvalue weighted by Gasteiger charge is 2.19. The first-order chi connectivity index (χ1) is 7.99. The summed E-state index contributed by atoms with van der Waals surface area (Å²) in [5.74, 6) is -0.969. The number of rotatable bonds is 5. The second-order valence-corrected chi connectivity index (χ2v) is 4.53. The molecule has 0 atom stereocenters. The van der Waals surface area contributed by atoms with Crippen molar-refractivity contribution in [2.45, 2.75) is 26.7 Å². The van der Waals surface area contributed by atoms with Gasteiger partial charge in [-0.25, -0.2) is 4.79 Å². The standard InChI is InChI=1S/C12H15BrO4/c1-3-4-5-17-8-6-7(2)9(12(15)16)11(14)10(8)13/h6,14H,3-5H2,1-2H3,(H,15,16). The SMILES string of the molecule is CCCCOc1cc(C)c(C(=O)O)c(O)c1Br. The molecule has 0 amide bonds. The predicted octanol–water partition coefficient (Wildman–Crippen LogP) is 3.34. The van der Waals surface area contributed by atoms with Crippen molar-refractivity contribution in [1.29, 1.82) is 0 Å². The van der Waals surface area contributed by atoms with Crippen molar-refractivity contribution in [2.75, 3.05) is 6.61 Å². The number of carboxylic acid groups (broad SMARTS) is 1.